The summed E-state index contributed by atoms with van der Waals surface area (Å²) in [5.41, 5.74) is 2.88. The van der Waals surface area contributed by atoms with E-state index in [0.717, 1.165) is 16.5 Å². The molecule has 0 atom stereocenters. The first-order valence-electron chi connectivity index (χ1n) is 8.45. The Bertz CT molecular complexity index is 1270. The lowest BCUT2D eigenvalue weighted by Crippen LogP contribution is -2.04. The number of aromatic nitrogens is 4. The second-order valence-corrected chi connectivity index (χ2v) is 8.53. The zero-order valence-corrected chi connectivity index (χ0v) is 15.0. The number of benzene rings is 2. The summed E-state index contributed by atoms with van der Waals surface area (Å²) in [5, 5.41) is 11.4. The molecule has 2 aromatic carbocycles. The van der Waals surface area contributed by atoms with E-state index in [0.29, 0.717) is 28.7 Å². The van der Waals surface area contributed by atoms with Gasteiger partial charge in [0.25, 0.3) is 0 Å². The van der Waals surface area contributed by atoms with Crippen LogP contribution in [0.4, 0.5) is 11.6 Å². The molecule has 0 aliphatic carbocycles. The predicted molar refractivity (Wildman–Crippen MR) is 103 cm³/mol. The second-order valence-electron chi connectivity index (χ2n) is 6.46. The molecule has 2 aromatic heterocycles. The number of hydrogen-bond acceptors (Lipinski definition) is 6. The van der Waals surface area contributed by atoms with E-state index in [1.165, 1.54) is 0 Å². The highest BCUT2D eigenvalue weighted by atomic mass is 32.2. The lowest BCUT2D eigenvalue weighted by Gasteiger charge is -2.10. The smallest absolute Gasteiger partial charge is 0.161 e. The van der Waals surface area contributed by atoms with Crippen molar-refractivity contribution in [3.05, 3.63) is 65.9 Å². The first-order valence-corrected chi connectivity index (χ1v) is 10.3. The summed E-state index contributed by atoms with van der Waals surface area (Å²) in [6.45, 7) is 0. The van der Waals surface area contributed by atoms with Crippen LogP contribution in [0, 0.1) is 0 Å². The highest BCUT2D eigenvalue weighted by Gasteiger charge is 2.30. The number of para-hydroxylation sites is 1. The molecule has 0 bridgehead atoms. The van der Waals surface area contributed by atoms with Gasteiger partial charge in [0.1, 0.15) is 5.82 Å². The van der Waals surface area contributed by atoms with Crippen LogP contribution in [-0.2, 0) is 21.3 Å². The third-order valence-corrected chi connectivity index (χ3v) is 5.99. The number of nitrogens with one attached hydrogen (secondary N) is 2. The molecule has 2 N–H and O–H groups in total. The van der Waals surface area contributed by atoms with E-state index in [2.05, 4.69) is 25.5 Å². The maximum atomic E-state index is 12.2. The SMILES string of the molecule is O=S1(=O)Cc2nc(-c3ccccc3)nc(Nc3n[nH]c4ccccc34)c2C1. The van der Waals surface area contributed by atoms with Gasteiger partial charge in [0.05, 0.1) is 22.7 Å². The Hall–Kier alpha value is -3.26. The van der Waals surface area contributed by atoms with Crippen LogP contribution < -0.4 is 5.32 Å². The van der Waals surface area contributed by atoms with E-state index >= 15 is 0 Å². The average Bonchev–Trinajstić information content (AvgIpc) is 3.22. The van der Waals surface area contributed by atoms with Gasteiger partial charge in [-0.05, 0) is 12.1 Å². The zero-order valence-electron chi connectivity index (χ0n) is 14.2. The summed E-state index contributed by atoms with van der Waals surface area (Å²) in [6, 6.07) is 17.2. The quantitative estimate of drug-likeness (QED) is 0.569. The number of sulfone groups is 1. The summed E-state index contributed by atoms with van der Waals surface area (Å²) in [6.07, 6.45) is 0. The van der Waals surface area contributed by atoms with Crippen molar-refractivity contribution in [3.8, 4) is 11.4 Å². The van der Waals surface area contributed by atoms with E-state index < -0.39 is 9.84 Å². The molecular weight excluding hydrogens is 362 g/mol. The average molecular weight is 377 g/mol. The molecule has 0 spiro atoms. The Morgan fingerprint density at radius 2 is 1.67 bits per heavy atom. The molecule has 0 saturated carbocycles. The number of hydrogen-bond donors (Lipinski definition) is 2. The van der Waals surface area contributed by atoms with Crippen molar-refractivity contribution in [1.82, 2.24) is 20.2 Å². The van der Waals surface area contributed by atoms with Crippen molar-refractivity contribution in [1.29, 1.82) is 0 Å². The molecule has 0 saturated heterocycles. The van der Waals surface area contributed by atoms with Crippen molar-refractivity contribution in [2.24, 2.45) is 0 Å². The molecule has 0 amide bonds. The van der Waals surface area contributed by atoms with Gasteiger partial charge in [0.2, 0.25) is 0 Å². The fourth-order valence-corrected chi connectivity index (χ4v) is 4.77. The van der Waals surface area contributed by atoms with Crippen molar-refractivity contribution >= 4 is 32.4 Å². The predicted octanol–water partition coefficient (Wildman–Crippen LogP) is 3.19. The van der Waals surface area contributed by atoms with Crippen molar-refractivity contribution in [2.75, 3.05) is 5.32 Å². The number of rotatable bonds is 3. The maximum Gasteiger partial charge on any atom is 0.161 e. The minimum Gasteiger partial charge on any atom is -0.323 e. The summed E-state index contributed by atoms with van der Waals surface area (Å²) in [4.78, 5) is 9.13. The monoisotopic (exact) mass is 377 g/mol. The Kier molecular flexibility index (Phi) is 3.48. The Morgan fingerprint density at radius 1 is 0.889 bits per heavy atom. The van der Waals surface area contributed by atoms with Gasteiger partial charge in [0, 0.05) is 16.5 Å². The third-order valence-electron chi connectivity index (χ3n) is 4.55. The number of anilines is 2. The first kappa shape index (κ1) is 16.0. The molecule has 5 rings (SSSR count). The van der Waals surface area contributed by atoms with Gasteiger partial charge in [0.15, 0.2) is 21.5 Å². The fraction of sp³-hybridized carbons (Fsp3) is 0.105. The van der Waals surface area contributed by atoms with Gasteiger partial charge in [-0.15, -0.1) is 0 Å². The molecule has 0 fully saturated rings. The van der Waals surface area contributed by atoms with E-state index in [1.54, 1.807) is 0 Å². The number of fused-ring (bicyclic) bond motifs is 2. The highest BCUT2D eigenvalue weighted by molar-refractivity contribution is 7.90. The largest absolute Gasteiger partial charge is 0.323 e. The van der Waals surface area contributed by atoms with Gasteiger partial charge < -0.3 is 5.32 Å². The molecule has 1 aliphatic rings. The van der Waals surface area contributed by atoms with Crippen molar-refractivity contribution in [3.63, 3.8) is 0 Å². The van der Waals surface area contributed by atoms with Gasteiger partial charge in [-0.2, -0.15) is 5.10 Å². The Morgan fingerprint density at radius 3 is 2.52 bits per heavy atom. The van der Waals surface area contributed by atoms with Gasteiger partial charge in [-0.1, -0.05) is 42.5 Å². The molecule has 8 heteroatoms. The normalized spacial score (nSPS) is 15.0. The van der Waals surface area contributed by atoms with Gasteiger partial charge >= 0.3 is 0 Å². The number of aromatic amines is 1. The summed E-state index contributed by atoms with van der Waals surface area (Å²) in [5.74, 6) is 1.45. The molecule has 3 heterocycles. The molecule has 134 valence electrons. The van der Waals surface area contributed by atoms with Crippen LogP contribution in [0.1, 0.15) is 11.3 Å². The molecule has 0 unspecified atom stereocenters. The van der Waals surface area contributed by atoms with Crippen LogP contribution in [-0.4, -0.2) is 28.6 Å². The minimum absolute atomic E-state index is 0.0674. The fourth-order valence-electron chi connectivity index (χ4n) is 3.27. The first-order chi connectivity index (χ1) is 13.1. The Labute approximate surface area is 155 Å². The van der Waals surface area contributed by atoms with E-state index in [-0.39, 0.29) is 11.5 Å². The highest BCUT2D eigenvalue weighted by Crippen LogP contribution is 2.33. The molecule has 27 heavy (non-hydrogen) atoms. The number of nitrogens with zero attached hydrogens (tertiary/aromatic N) is 3. The third kappa shape index (κ3) is 2.83. The minimum atomic E-state index is -3.22. The van der Waals surface area contributed by atoms with Crippen LogP contribution in [0.2, 0.25) is 0 Å². The maximum absolute atomic E-state index is 12.2. The standard InChI is InChI=1S/C19H15N5O2S/c25-27(26)10-14-16(11-27)20-17(12-6-2-1-3-7-12)21-18(14)22-19-13-8-4-5-9-15(13)23-24-19/h1-9H,10-11H2,(H2,20,21,22,23,24). The van der Waals surface area contributed by atoms with Crippen LogP contribution in [0.15, 0.2) is 54.6 Å². The van der Waals surface area contributed by atoms with E-state index in [1.807, 2.05) is 54.6 Å². The Balaban J connectivity index is 1.66. The van der Waals surface area contributed by atoms with Gasteiger partial charge in [-0.3, -0.25) is 5.10 Å². The molecule has 7 nitrogen and oxygen atoms in total. The number of H-pyrrole nitrogens is 1. The molecule has 0 radical (unpaired) electrons. The lowest BCUT2D eigenvalue weighted by molar-refractivity contribution is 0.598. The topological polar surface area (TPSA) is 101 Å². The van der Waals surface area contributed by atoms with Crippen LogP contribution in [0.5, 0.6) is 0 Å². The summed E-state index contributed by atoms with van der Waals surface area (Å²) < 4.78 is 24.4. The molecular formula is C19H15N5O2S. The van der Waals surface area contributed by atoms with Crippen LogP contribution in [0.25, 0.3) is 22.3 Å². The van der Waals surface area contributed by atoms with E-state index in [4.69, 9.17) is 0 Å². The second kappa shape index (κ2) is 5.88. The van der Waals surface area contributed by atoms with Crippen LogP contribution >= 0.6 is 0 Å². The van der Waals surface area contributed by atoms with E-state index in [9.17, 15) is 8.42 Å². The van der Waals surface area contributed by atoms with Gasteiger partial charge in [-0.25, -0.2) is 18.4 Å². The lowest BCUT2D eigenvalue weighted by atomic mass is 10.2. The zero-order chi connectivity index (χ0) is 18.4. The molecule has 4 aromatic rings. The summed E-state index contributed by atoms with van der Waals surface area (Å²) >= 11 is 0. The summed E-state index contributed by atoms with van der Waals surface area (Å²) in [7, 11) is -3.22. The van der Waals surface area contributed by atoms with Crippen molar-refractivity contribution in [2.45, 2.75) is 11.5 Å². The molecule has 1 aliphatic heterocycles. The van der Waals surface area contributed by atoms with Crippen molar-refractivity contribution < 1.29 is 8.42 Å². The van der Waals surface area contributed by atoms with Crippen LogP contribution in [0.3, 0.4) is 0 Å².